The van der Waals surface area contributed by atoms with Crippen LogP contribution in [0.1, 0.15) is 18.9 Å². The van der Waals surface area contributed by atoms with Gasteiger partial charge in [0.15, 0.2) is 0 Å². The van der Waals surface area contributed by atoms with Crippen molar-refractivity contribution in [1.29, 1.82) is 0 Å². The Bertz CT molecular complexity index is 398. The summed E-state index contributed by atoms with van der Waals surface area (Å²) in [5.74, 6) is 0.972. The SMILES string of the molecule is CCCNCC1COCCN1Cc1ccccc1OC. The van der Waals surface area contributed by atoms with Crippen molar-refractivity contribution in [1.82, 2.24) is 10.2 Å². The second kappa shape index (κ2) is 8.25. The van der Waals surface area contributed by atoms with E-state index in [2.05, 4.69) is 29.3 Å². The Labute approximate surface area is 122 Å². The number of nitrogens with one attached hydrogen (secondary N) is 1. The highest BCUT2D eigenvalue weighted by atomic mass is 16.5. The number of methoxy groups -OCH3 is 1. The van der Waals surface area contributed by atoms with E-state index in [4.69, 9.17) is 9.47 Å². The van der Waals surface area contributed by atoms with Crippen molar-refractivity contribution in [3.63, 3.8) is 0 Å². The third-order valence-corrected chi connectivity index (χ3v) is 3.72. The number of rotatable bonds is 7. The Morgan fingerprint density at radius 1 is 1.40 bits per heavy atom. The monoisotopic (exact) mass is 278 g/mol. The summed E-state index contributed by atoms with van der Waals surface area (Å²) in [5.41, 5.74) is 1.25. The van der Waals surface area contributed by atoms with E-state index in [0.717, 1.165) is 45.1 Å². The number of hydrogen-bond acceptors (Lipinski definition) is 4. The van der Waals surface area contributed by atoms with Gasteiger partial charge in [-0.3, -0.25) is 4.90 Å². The smallest absolute Gasteiger partial charge is 0.123 e. The molecule has 0 saturated carbocycles. The molecule has 0 aromatic heterocycles. The molecule has 4 nitrogen and oxygen atoms in total. The van der Waals surface area contributed by atoms with Crippen molar-refractivity contribution in [3.8, 4) is 5.75 Å². The van der Waals surface area contributed by atoms with Gasteiger partial charge in [0.2, 0.25) is 0 Å². The van der Waals surface area contributed by atoms with E-state index in [0.29, 0.717) is 6.04 Å². The van der Waals surface area contributed by atoms with Crippen molar-refractivity contribution < 1.29 is 9.47 Å². The lowest BCUT2D eigenvalue weighted by Gasteiger charge is -2.36. The van der Waals surface area contributed by atoms with Crippen LogP contribution in [0.2, 0.25) is 0 Å². The summed E-state index contributed by atoms with van der Waals surface area (Å²) in [6, 6.07) is 8.70. The zero-order chi connectivity index (χ0) is 14.2. The van der Waals surface area contributed by atoms with Gasteiger partial charge in [0.25, 0.3) is 0 Å². The molecule has 0 aliphatic carbocycles. The zero-order valence-corrected chi connectivity index (χ0v) is 12.6. The fourth-order valence-electron chi connectivity index (χ4n) is 2.58. The van der Waals surface area contributed by atoms with Gasteiger partial charge in [0, 0.05) is 31.2 Å². The molecule has 20 heavy (non-hydrogen) atoms. The molecule has 1 heterocycles. The highest BCUT2D eigenvalue weighted by Crippen LogP contribution is 2.21. The third-order valence-electron chi connectivity index (χ3n) is 3.72. The Morgan fingerprint density at radius 3 is 3.05 bits per heavy atom. The van der Waals surface area contributed by atoms with Crippen molar-refractivity contribution in [2.45, 2.75) is 25.9 Å². The number of benzene rings is 1. The maximum atomic E-state index is 5.62. The Kier molecular flexibility index (Phi) is 6.30. The van der Waals surface area contributed by atoms with Crippen molar-refractivity contribution in [2.75, 3.05) is 40.0 Å². The van der Waals surface area contributed by atoms with Gasteiger partial charge in [-0.2, -0.15) is 0 Å². The normalized spacial score (nSPS) is 20.0. The molecule has 1 aromatic carbocycles. The highest BCUT2D eigenvalue weighted by molar-refractivity contribution is 5.33. The number of hydrogen-bond donors (Lipinski definition) is 1. The van der Waals surface area contributed by atoms with Gasteiger partial charge in [-0.25, -0.2) is 0 Å². The van der Waals surface area contributed by atoms with E-state index in [1.165, 1.54) is 12.0 Å². The van der Waals surface area contributed by atoms with Crippen LogP contribution in [-0.2, 0) is 11.3 Å². The maximum Gasteiger partial charge on any atom is 0.123 e. The minimum atomic E-state index is 0.445. The lowest BCUT2D eigenvalue weighted by Crippen LogP contribution is -2.49. The summed E-state index contributed by atoms with van der Waals surface area (Å²) >= 11 is 0. The van der Waals surface area contributed by atoms with Crippen LogP contribution in [0, 0.1) is 0 Å². The van der Waals surface area contributed by atoms with Crippen LogP contribution >= 0.6 is 0 Å². The quantitative estimate of drug-likeness (QED) is 0.772. The van der Waals surface area contributed by atoms with Gasteiger partial charge in [-0.15, -0.1) is 0 Å². The molecule has 1 unspecified atom stereocenters. The fraction of sp³-hybridized carbons (Fsp3) is 0.625. The number of morpholine rings is 1. The molecule has 1 aromatic rings. The predicted octanol–water partition coefficient (Wildman–Crippen LogP) is 1.90. The van der Waals surface area contributed by atoms with Crippen LogP contribution in [0.5, 0.6) is 5.75 Å². The molecular weight excluding hydrogens is 252 g/mol. The van der Waals surface area contributed by atoms with Crippen molar-refractivity contribution in [2.24, 2.45) is 0 Å². The predicted molar refractivity (Wildman–Crippen MR) is 81.2 cm³/mol. The van der Waals surface area contributed by atoms with Crippen LogP contribution in [0.3, 0.4) is 0 Å². The van der Waals surface area contributed by atoms with Gasteiger partial charge < -0.3 is 14.8 Å². The summed E-state index contributed by atoms with van der Waals surface area (Å²) in [6.45, 7) is 7.78. The molecule has 0 radical (unpaired) electrons. The van der Waals surface area contributed by atoms with E-state index in [-0.39, 0.29) is 0 Å². The van der Waals surface area contributed by atoms with E-state index in [1.54, 1.807) is 7.11 Å². The fourth-order valence-corrected chi connectivity index (χ4v) is 2.58. The molecular formula is C16H26N2O2. The third kappa shape index (κ3) is 4.20. The van der Waals surface area contributed by atoms with E-state index < -0.39 is 0 Å². The van der Waals surface area contributed by atoms with Crippen LogP contribution in [0.25, 0.3) is 0 Å². The van der Waals surface area contributed by atoms with Gasteiger partial charge in [-0.1, -0.05) is 25.1 Å². The molecule has 0 bridgehead atoms. The molecule has 0 amide bonds. The topological polar surface area (TPSA) is 33.7 Å². The second-order valence-corrected chi connectivity index (χ2v) is 5.22. The first-order chi connectivity index (χ1) is 9.85. The molecule has 1 aliphatic rings. The minimum Gasteiger partial charge on any atom is -0.496 e. The van der Waals surface area contributed by atoms with Crippen LogP contribution < -0.4 is 10.1 Å². The van der Waals surface area contributed by atoms with Gasteiger partial charge in [0.05, 0.1) is 20.3 Å². The molecule has 112 valence electrons. The average Bonchev–Trinajstić information content (AvgIpc) is 2.50. The van der Waals surface area contributed by atoms with E-state index >= 15 is 0 Å². The Morgan fingerprint density at radius 2 is 2.25 bits per heavy atom. The average molecular weight is 278 g/mol. The zero-order valence-electron chi connectivity index (χ0n) is 12.6. The number of nitrogens with zero attached hydrogens (tertiary/aromatic N) is 1. The van der Waals surface area contributed by atoms with Gasteiger partial charge >= 0.3 is 0 Å². The van der Waals surface area contributed by atoms with E-state index in [1.807, 2.05) is 12.1 Å². The summed E-state index contributed by atoms with van der Waals surface area (Å²) in [4.78, 5) is 2.49. The summed E-state index contributed by atoms with van der Waals surface area (Å²) in [7, 11) is 1.73. The van der Waals surface area contributed by atoms with Crippen LogP contribution in [-0.4, -0.2) is 50.9 Å². The lowest BCUT2D eigenvalue weighted by molar-refractivity contribution is -0.0111. The molecule has 4 heteroatoms. The van der Waals surface area contributed by atoms with Crippen LogP contribution in [0.4, 0.5) is 0 Å². The molecule has 1 aliphatic heterocycles. The molecule has 1 atom stereocenters. The van der Waals surface area contributed by atoms with Crippen molar-refractivity contribution >= 4 is 0 Å². The molecule has 1 fully saturated rings. The maximum absolute atomic E-state index is 5.62. The molecule has 0 spiro atoms. The summed E-state index contributed by atoms with van der Waals surface area (Å²) in [5, 5.41) is 3.50. The standard InChI is InChI=1S/C16H26N2O2/c1-3-8-17-11-15-13-20-10-9-18(15)12-14-6-4-5-7-16(14)19-2/h4-7,15,17H,3,8-13H2,1-2H3. The van der Waals surface area contributed by atoms with Gasteiger partial charge in [0.1, 0.15) is 5.75 Å². The van der Waals surface area contributed by atoms with Crippen LogP contribution in [0.15, 0.2) is 24.3 Å². The minimum absolute atomic E-state index is 0.445. The van der Waals surface area contributed by atoms with Gasteiger partial charge in [-0.05, 0) is 19.0 Å². The lowest BCUT2D eigenvalue weighted by atomic mass is 10.1. The summed E-state index contributed by atoms with van der Waals surface area (Å²) < 4.78 is 11.1. The largest absolute Gasteiger partial charge is 0.496 e. The highest BCUT2D eigenvalue weighted by Gasteiger charge is 2.23. The molecule has 1 N–H and O–H groups in total. The first-order valence-corrected chi connectivity index (χ1v) is 7.49. The number of ether oxygens (including phenoxy) is 2. The number of para-hydroxylation sites is 1. The van der Waals surface area contributed by atoms with Crippen molar-refractivity contribution in [3.05, 3.63) is 29.8 Å². The first kappa shape index (κ1) is 15.3. The second-order valence-electron chi connectivity index (χ2n) is 5.22. The Hall–Kier alpha value is -1.10. The molecule has 1 saturated heterocycles. The summed E-state index contributed by atoms with van der Waals surface area (Å²) in [6.07, 6.45) is 1.17. The molecule has 2 rings (SSSR count). The first-order valence-electron chi connectivity index (χ1n) is 7.49. The van der Waals surface area contributed by atoms with E-state index in [9.17, 15) is 0 Å². The Balaban J connectivity index is 1.97.